The molecule has 1 atom stereocenters. The number of aliphatic hydroxyl groups excluding tert-OH is 1. The van der Waals surface area contributed by atoms with Crippen LogP contribution in [0.15, 0.2) is 33.6 Å². The van der Waals surface area contributed by atoms with E-state index in [2.05, 4.69) is 10.2 Å². The van der Waals surface area contributed by atoms with Crippen LogP contribution in [0, 0.1) is 6.92 Å². The summed E-state index contributed by atoms with van der Waals surface area (Å²) in [6.45, 7) is 3.57. The second-order valence-electron chi connectivity index (χ2n) is 9.74. The zero-order valence-electron chi connectivity index (χ0n) is 19.6. The first-order chi connectivity index (χ1) is 16.9. The van der Waals surface area contributed by atoms with Gasteiger partial charge in [-0.05, 0) is 44.7 Å². The molecule has 2 fully saturated rings. The summed E-state index contributed by atoms with van der Waals surface area (Å²) in [5.74, 6) is 3.70. The second-order valence-corrected chi connectivity index (χ2v) is 11.7. The molecular weight excluding hydrogens is 486 g/mol. The van der Waals surface area contributed by atoms with Gasteiger partial charge in [-0.2, -0.15) is 4.98 Å². The predicted octanol–water partition coefficient (Wildman–Crippen LogP) is 4.08. The number of halogens is 1. The Balaban J connectivity index is 1.20. The van der Waals surface area contributed by atoms with Gasteiger partial charge in [0.1, 0.15) is 22.2 Å². The summed E-state index contributed by atoms with van der Waals surface area (Å²) in [7, 11) is -1.09. The third-order valence-electron chi connectivity index (χ3n) is 7.27. The van der Waals surface area contributed by atoms with Gasteiger partial charge in [0.2, 0.25) is 5.95 Å². The van der Waals surface area contributed by atoms with Crippen LogP contribution in [0.3, 0.4) is 0 Å². The smallest absolute Gasteiger partial charge is 0.227 e. The quantitative estimate of drug-likeness (QED) is 0.508. The van der Waals surface area contributed by atoms with Crippen LogP contribution in [0.4, 0.5) is 11.8 Å². The Labute approximate surface area is 211 Å². The lowest BCUT2D eigenvalue weighted by Crippen LogP contribution is -2.35. The van der Waals surface area contributed by atoms with Gasteiger partial charge < -0.3 is 19.7 Å². The van der Waals surface area contributed by atoms with Crippen molar-refractivity contribution in [3.8, 4) is 11.3 Å². The first-order valence-corrected chi connectivity index (χ1v) is 13.8. The highest BCUT2D eigenvalue weighted by Crippen LogP contribution is 2.41. The van der Waals surface area contributed by atoms with Crippen LogP contribution >= 0.6 is 11.6 Å². The van der Waals surface area contributed by atoms with Crippen LogP contribution in [0.5, 0.6) is 0 Å². The number of anilines is 2. The molecule has 1 unspecified atom stereocenters. The average Bonchev–Trinajstić information content (AvgIpc) is 3.38. The molecule has 0 bridgehead atoms. The van der Waals surface area contributed by atoms with Crippen LogP contribution in [0.1, 0.15) is 48.9 Å². The summed E-state index contributed by atoms with van der Waals surface area (Å²) in [6.07, 6.45) is 4.25. The lowest BCUT2D eigenvalue weighted by atomic mass is 9.97. The van der Waals surface area contributed by atoms with Crippen molar-refractivity contribution in [3.63, 3.8) is 0 Å². The molecule has 8 nitrogen and oxygen atoms in total. The molecule has 2 N–H and O–H groups in total. The highest BCUT2D eigenvalue weighted by Gasteiger charge is 2.44. The van der Waals surface area contributed by atoms with Crippen molar-refractivity contribution in [1.82, 2.24) is 15.0 Å². The summed E-state index contributed by atoms with van der Waals surface area (Å²) < 4.78 is 18.7. The van der Waals surface area contributed by atoms with Gasteiger partial charge in [-0.1, -0.05) is 23.7 Å². The molecule has 1 aromatic carbocycles. The van der Waals surface area contributed by atoms with Crippen molar-refractivity contribution in [3.05, 3.63) is 46.6 Å². The van der Waals surface area contributed by atoms with E-state index in [1.165, 1.54) is 0 Å². The molecule has 0 spiro atoms. The van der Waals surface area contributed by atoms with Crippen LogP contribution in [0.2, 0.25) is 5.02 Å². The largest absolute Gasteiger partial charge is 0.445 e. The van der Waals surface area contributed by atoms with Crippen LogP contribution in [-0.4, -0.2) is 55.3 Å². The maximum absolute atomic E-state index is 12.6. The number of aromatic nitrogens is 3. The Morgan fingerprint density at radius 1 is 1.20 bits per heavy atom. The molecule has 0 radical (unpaired) electrons. The number of nitrogens with one attached hydrogen (secondary N) is 1. The second kappa shape index (κ2) is 8.87. The number of fused-ring (bicyclic) bond motifs is 1. The number of oxazole rings is 1. The number of aryl methyl sites for hydroxylation is 2. The number of hydrogen-bond acceptors (Lipinski definition) is 8. The fraction of sp³-hybridized carbons (Fsp3) is 0.480. The van der Waals surface area contributed by atoms with E-state index in [4.69, 9.17) is 31.0 Å². The van der Waals surface area contributed by atoms with Crippen molar-refractivity contribution >= 4 is 34.2 Å². The minimum absolute atomic E-state index is 0.0483. The zero-order valence-corrected chi connectivity index (χ0v) is 21.2. The molecular formula is C25H28ClN5O3S. The summed E-state index contributed by atoms with van der Waals surface area (Å²) in [4.78, 5) is 17.3. The van der Waals surface area contributed by atoms with Gasteiger partial charge in [-0.3, -0.25) is 4.21 Å². The van der Waals surface area contributed by atoms with E-state index in [9.17, 15) is 9.32 Å². The van der Waals surface area contributed by atoms with E-state index in [0.29, 0.717) is 33.9 Å². The van der Waals surface area contributed by atoms with Crippen molar-refractivity contribution < 1.29 is 13.7 Å². The van der Waals surface area contributed by atoms with Gasteiger partial charge >= 0.3 is 0 Å². The van der Waals surface area contributed by atoms with E-state index < -0.39 is 10.8 Å². The van der Waals surface area contributed by atoms with Crippen molar-refractivity contribution in [1.29, 1.82) is 0 Å². The lowest BCUT2D eigenvalue weighted by molar-refractivity contribution is 0.265. The van der Waals surface area contributed by atoms with E-state index in [-0.39, 0.29) is 18.1 Å². The molecule has 2 aromatic heterocycles. The maximum Gasteiger partial charge on any atom is 0.227 e. The van der Waals surface area contributed by atoms with Crippen molar-refractivity contribution in [2.75, 3.05) is 35.7 Å². The molecule has 184 valence electrons. The van der Waals surface area contributed by atoms with Gasteiger partial charge in [0, 0.05) is 41.8 Å². The van der Waals surface area contributed by atoms with Crippen LogP contribution in [0.25, 0.3) is 11.3 Å². The number of piperidine rings is 1. The molecule has 35 heavy (non-hydrogen) atoms. The van der Waals surface area contributed by atoms with Crippen LogP contribution in [-0.2, 0) is 17.2 Å². The lowest BCUT2D eigenvalue weighted by Gasteiger charge is -2.31. The van der Waals surface area contributed by atoms with Gasteiger partial charge in [0.25, 0.3) is 0 Å². The number of rotatable bonds is 6. The molecule has 1 saturated heterocycles. The molecule has 1 saturated carbocycles. The Kier molecular flexibility index (Phi) is 5.81. The fourth-order valence-electron chi connectivity index (χ4n) is 4.93. The first kappa shape index (κ1) is 22.9. The molecule has 4 heterocycles. The summed E-state index contributed by atoms with van der Waals surface area (Å²) in [5.41, 5.74) is 2.40. The van der Waals surface area contributed by atoms with E-state index in [0.717, 1.165) is 67.4 Å². The van der Waals surface area contributed by atoms with Gasteiger partial charge in [-0.15, -0.1) is 0 Å². The van der Waals surface area contributed by atoms with Gasteiger partial charge in [0.15, 0.2) is 5.89 Å². The van der Waals surface area contributed by atoms with Crippen molar-refractivity contribution in [2.24, 2.45) is 0 Å². The third kappa shape index (κ3) is 4.34. The van der Waals surface area contributed by atoms with Gasteiger partial charge in [-0.25, -0.2) is 9.97 Å². The van der Waals surface area contributed by atoms with E-state index in [1.54, 1.807) is 0 Å². The molecule has 2 aliphatic heterocycles. The summed E-state index contributed by atoms with van der Waals surface area (Å²) >= 11 is 6.03. The van der Waals surface area contributed by atoms with E-state index in [1.807, 2.05) is 31.2 Å². The van der Waals surface area contributed by atoms with Crippen LogP contribution < -0.4 is 10.2 Å². The average molecular weight is 514 g/mol. The fourth-order valence-corrected chi connectivity index (χ4v) is 6.36. The maximum atomic E-state index is 12.6. The minimum Gasteiger partial charge on any atom is -0.445 e. The summed E-state index contributed by atoms with van der Waals surface area (Å²) in [6, 6.07) is 7.66. The summed E-state index contributed by atoms with van der Waals surface area (Å²) in [5, 5.41) is 13.9. The third-order valence-corrected chi connectivity index (χ3v) is 8.98. The standard InChI is InChI=1S/C25H28ClN5O3S/c1-15-20(16-2-4-18(26)5-3-16)28-23(34-15)17-6-11-31(12-7-17)24-27-19-8-13-35(33)21(19)22(29-24)30-25(14-32)9-10-25/h2-5,17,32H,6-14H2,1H3,(H,27,29,30). The molecule has 10 heteroatoms. The van der Waals surface area contributed by atoms with E-state index >= 15 is 0 Å². The van der Waals surface area contributed by atoms with Gasteiger partial charge in [0.05, 0.1) is 28.6 Å². The molecule has 0 amide bonds. The molecule has 1 aliphatic carbocycles. The SMILES string of the molecule is Cc1oc(C2CCN(c3nc4c(c(NC5(CO)CC5)n3)S(=O)CC4)CC2)nc1-c1ccc(Cl)cc1. The van der Waals surface area contributed by atoms with Crippen molar-refractivity contribution in [2.45, 2.75) is 55.4 Å². The first-order valence-electron chi connectivity index (χ1n) is 12.1. The molecule has 6 rings (SSSR count). The minimum atomic E-state index is -1.09. The number of benzene rings is 1. The Hall–Kier alpha value is -2.49. The predicted molar refractivity (Wildman–Crippen MR) is 136 cm³/mol. The zero-order chi connectivity index (χ0) is 24.2. The Bertz CT molecular complexity index is 1280. The highest BCUT2D eigenvalue weighted by atomic mass is 35.5. The Morgan fingerprint density at radius 3 is 2.63 bits per heavy atom. The normalized spacial score (nSPS) is 21.2. The topological polar surface area (TPSA) is 104 Å². The number of aliphatic hydroxyl groups is 1. The molecule has 3 aromatic rings. The Morgan fingerprint density at radius 2 is 1.94 bits per heavy atom. The number of hydrogen-bond donors (Lipinski definition) is 2. The monoisotopic (exact) mass is 513 g/mol. The highest BCUT2D eigenvalue weighted by molar-refractivity contribution is 7.85. The molecule has 3 aliphatic rings. The number of nitrogens with zero attached hydrogens (tertiary/aromatic N) is 4.